The van der Waals surface area contributed by atoms with Gasteiger partial charge in [0.1, 0.15) is 0 Å². The normalized spacial score (nSPS) is 21.6. The molecule has 0 bridgehead atoms. The Bertz CT molecular complexity index is 767. The third kappa shape index (κ3) is 4.55. The van der Waals surface area contributed by atoms with Gasteiger partial charge in [0.15, 0.2) is 0 Å². The molecule has 4 rings (SSSR count). The molecule has 0 aliphatic carbocycles. The van der Waals surface area contributed by atoms with E-state index in [1.807, 2.05) is 23.1 Å². The molecule has 2 aliphatic heterocycles. The van der Waals surface area contributed by atoms with Crippen molar-refractivity contribution in [3.8, 4) is 0 Å². The molecule has 0 unspecified atom stereocenters. The molecule has 0 radical (unpaired) electrons. The number of nitrogens with zero attached hydrogens (tertiary/aromatic N) is 3. The van der Waals surface area contributed by atoms with Gasteiger partial charge in [-0.15, -0.1) is 0 Å². The minimum Gasteiger partial charge on any atom is -0.324 e. The number of rotatable bonds is 4. The summed E-state index contributed by atoms with van der Waals surface area (Å²) in [6, 6.07) is 11.0. The van der Waals surface area contributed by atoms with Crippen molar-refractivity contribution in [1.82, 2.24) is 20.0 Å². The summed E-state index contributed by atoms with van der Waals surface area (Å²) in [6.45, 7) is 6.00. The highest BCUT2D eigenvalue weighted by Gasteiger charge is 2.24. The maximum atomic E-state index is 12.7. The van der Waals surface area contributed by atoms with E-state index in [0.29, 0.717) is 12.0 Å². The second kappa shape index (κ2) is 8.78. The van der Waals surface area contributed by atoms with Crippen molar-refractivity contribution in [2.45, 2.75) is 57.5 Å². The van der Waals surface area contributed by atoms with Crippen molar-refractivity contribution in [2.24, 2.45) is 0 Å². The molecule has 2 amide bonds. The number of H-pyrrole nitrogens is 1. The van der Waals surface area contributed by atoms with Gasteiger partial charge in [0.2, 0.25) is 0 Å². The first-order valence-corrected chi connectivity index (χ1v) is 10.6. The number of aromatic nitrogens is 2. The SMILES string of the molecule is C[C@@H]1CCCCN1Cc1cccc(NC(=O)N2CCC(c3ccn[nH]3)CC2)c1. The zero-order valence-corrected chi connectivity index (χ0v) is 16.7. The van der Waals surface area contributed by atoms with Gasteiger partial charge in [0.25, 0.3) is 0 Å². The Morgan fingerprint density at radius 2 is 2.04 bits per heavy atom. The summed E-state index contributed by atoms with van der Waals surface area (Å²) in [4.78, 5) is 17.2. The lowest BCUT2D eigenvalue weighted by Crippen LogP contribution is -2.40. The molecule has 0 saturated carbocycles. The van der Waals surface area contributed by atoms with Crippen LogP contribution < -0.4 is 5.32 Å². The Morgan fingerprint density at radius 3 is 2.79 bits per heavy atom. The van der Waals surface area contributed by atoms with E-state index in [9.17, 15) is 4.79 Å². The van der Waals surface area contributed by atoms with Gasteiger partial charge in [-0.1, -0.05) is 18.6 Å². The predicted molar refractivity (Wildman–Crippen MR) is 111 cm³/mol. The van der Waals surface area contributed by atoms with Crippen LogP contribution in [0.4, 0.5) is 10.5 Å². The third-order valence-corrected chi connectivity index (χ3v) is 6.25. The highest BCUT2D eigenvalue weighted by molar-refractivity contribution is 5.89. The zero-order chi connectivity index (χ0) is 19.3. The molecular weight excluding hydrogens is 350 g/mol. The van der Waals surface area contributed by atoms with Crippen LogP contribution in [0.1, 0.15) is 56.2 Å². The van der Waals surface area contributed by atoms with Crippen LogP contribution in [0.2, 0.25) is 0 Å². The van der Waals surface area contributed by atoms with E-state index in [2.05, 4.69) is 39.5 Å². The fourth-order valence-corrected chi connectivity index (χ4v) is 4.46. The van der Waals surface area contributed by atoms with Crippen molar-refractivity contribution in [1.29, 1.82) is 0 Å². The molecule has 1 aromatic heterocycles. The lowest BCUT2D eigenvalue weighted by atomic mass is 9.94. The summed E-state index contributed by atoms with van der Waals surface area (Å²) in [7, 11) is 0. The third-order valence-electron chi connectivity index (χ3n) is 6.25. The fraction of sp³-hybridized carbons (Fsp3) is 0.545. The Kier molecular flexibility index (Phi) is 5.95. The standard InChI is InChI=1S/C22H31N5O/c1-17-5-2-3-12-27(17)16-18-6-4-7-20(15-18)24-22(28)26-13-9-19(10-14-26)21-8-11-23-25-21/h4,6-8,11,15,17,19H,2-3,5,9-10,12-14,16H2,1H3,(H,23,25)(H,24,28)/t17-/m1/s1. The number of hydrogen-bond acceptors (Lipinski definition) is 3. The highest BCUT2D eigenvalue weighted by Crippen LogP contribution is 2.27. The molecule has 1 atom stereocenters. The van der Waals surface area contributed by atoms with Gasteiger partial charge in [0.05, 0.1) is 0 Å². The minimum absolute atomic E-state index is 0.00607. The van der Waals surface area contributed by atoms with E-state index in [0.717, 1.165) is 38.2 Å². The lowest BCUT2D eigenvalue weighted by molar-refractivity contribution is 0.152. The number of carbonyl (C=O) groups is 1. The molecule has 2 aliphatic rings. The summed E-state index contributed by atoms with van der Waals surface area (Å²) in [5.41, 5.74) is 3.34. The van der Waals surface area contributed by atoms with Crippen molar-refractivity contribution in [3.05, 3.63) is 47.8 Å². The maximum absolute atomic E-state index is 12.7. The number of amides is 2. The molecule has 6 heteroatoms. The van der Waals surface area contributed by atoms with Crippen LogP contribution in [0.5, 0.6) is 0 Å². The molecule has 28 heavy (non-hydrogen) atoms. The van der Waals surface area contributed by atoms with E-state index in [1.165, 1.54) is 37.1 Å². The molecule has 0 spiro atoms. The molecule has 2 saturated heterocycles. The average molecular weight is 382 g/mol. The first-order chi connectivity index (χ1) is 13.7. The molecule has 150 valence electrons. The van der Waals surface area contributed by atoms with Crippen LogP contribution in [-0.2, 0) is 6.54 Å². The number of benzene rings is 1. The Labute approximate surface area is 167 Å². The van der Waals surface area contributed by atoms with Crippen LogP contribution in [0.15, 0.2) is 36.5 Å². The predicted octanol–water partition coefficient (Wildman–Crippen LogP) is 4.20. The van der Waals surface area contributed by atoms with Crippen LogP contribution in [-0.4, -0.2) is 51.7 Å². The molecular formula is C22H31N5O. The summed E-state index contributed by atoms with van der Waals surface area (Å²) in [5.74, 6) is 0.474. The number of urea groups is 1. The maximum Gasteiger partial charge on any atom is 0.321 e. The first-order valence-electron chi connectivity index (χ1n) is 10.6. The second-order valence-electron chi connectivity index (χ2n) is 8.22. The lowest BCUT2D eigenvalue weighted by Gasteiger charge is -2.33. The van der Waals surface area contributed by atoms with E-state index in [4.69, 9.17) is 0 Å². The summed E-state index contributed by atoms with van der Waals surface area (Å²) in [5, 5.41) is 10.2. The molecule has 3 heterocycles. The molecule has 2 N–H and O–H groups in total. The van der Waals surface area contributed by atoms with Gasteiger partial charge in [-0.3, -0.25) is 10.00 Å². The van der Waals surface area contributed by atoms with Crippen LogP contribution in [0.3, 0.4) is 0 Å². The Balaban J connectivity index is 1.31. The van der Waals surface area contributed by atoms with Gasteiger partial charge in [-0.25, -0.2) is 4.79 Å². The number of nitrogens with one attached hydrogen (secondary N) is 2. The van der Waals surface area contributed by atoms with Gasteiger partial charge >= 0.3 is 6.03 Å². The summed E-state index contributed by atoms with van der Waals surface area (Å²) >= 11 is 0. The molecule has 6 nitrogen and oxygen atoms in total. The van der Waals surface area contributed by atoms with Crippen molar-refractivity contribution >= 4 is 11.7 Å². The zero-order valence-electron chi connectivity index (χ0n) is 16.7. The molecule has 2 fully saturated rings. The fourth-order valence-electron chi connectivity index (χ4n) is 4.46. The van der Waals surface area contributed by atoms with Crippen molar-refractivity contribution in [3.63, 3.8) is 0 Å². The van der Waals surface area contributed by atoms with Gasteiger partial charge in [-0.2, -0.15) is 5.10 Å². The second-order valence-corrected chi connectivity index (χ2v) is 8.22. The van der Waals surface area contributed by atoms with E-state index in [1.54, 1.807) is 6.20 Å². The number of carbonyl (C=O) groups excluding carboxylic acids is 1. The molecule has 1 aromatic carbocycles. The van der Waals surface area contributed by atoms with E-state index < -0.39 is 0 Å². The topological polar surface area (TPSA) is 64.3 Å². The molecule has 2 aromatic rings. The monoisotopic (exact) mass is 381 g/mol. The van der Waals surface area contributed by atoms with Crippen molar-refractivity contribution < 1.29 is 4.79 Å². The van der Waals surface area contributed by atoms with Crippen LogP contribution >= 0.6 is 0 Å². The number of likely N-dealkylation sites (tertiary alicyclic amines) is 2. The Morgan fingerprint density at radius 1 is 1.18 bits per heavy atom. The quantitative estimate of drug-likeness (QED) is 0.834. The van der Waals surface area contributed by atoms with Gasteiger partial charge in [0, 0.05) is 49.2 Å². The van der Waals surface area contributed by atoms with E-state index >= 15 is 0 Å². The average Bonchev–Trinajstić information content (AvgIpc) is 3.25. The smallest absolute Gasteiger partial charge is 0.321 e. The Hall–Kier alpha value is -2.34. The number of hydrogen-bond donors (Lipinski definition) is 2. The number of aromatic amines is 1. The first kappa shape index (κ1) is 19.0. The number of piperidine rings is 2. The highest BCUT2D eigenvalue weighted by atomic mass is 16.2. The van der Waals surface area contributed by atoms with Crippen LogP contribution in [0, 0.1) is 0 Å². The van der Waals surface area contributed by atoms with Crippen LogP contribution in [0.25, 0.3) is 0 Å². The minimum atomic E-state index is 0.00607. The van der Waals surface area contributed by atoms with E-state index in [-0.39, 0.29) is 6.03 Å². The summed E-state index contributed by atoms with van der Waals surface area (Å²) in [6.07, 6.45) is 7.65. The number of anilines is 1. The largest absolute Gasteiger partial charge is 0.324 e. The summed E-state index contributed by atoms with van der Waals surface area (Å²) < 4.78 is 0. The van der Waals surface area contributed by atoms with Crippen molar-refractivity contribution in [2.75, 3.05) is 25.0 Å². The van der Waals surface area contributed by atoms with Gasteiger partial charge in [-0.05, 0) is 62.9 Å². The van der Waals surface area contributed by atoms with Gasteiger partial charge < -0.3 is 10.2 Å².